The zero-order chi connectivity index (χ0) is 12.4. The Hall–Kier alpha value is -1.68. The second kappa shape index (κ2) is 4.90. The first-order valence-electron chi connectivity index (χ1n) is 6.37. The molecule has 18 heavy (non-hydrogen) atoms. The summed E-state index contributed by atoms with van der Waals surface area (Å²) in [4.78, 5) is 2.44. The zero-order valence-electron chi connectivity index (χ0n) is 10.5. The summed E-state index contributed by atoms with van der Waals surface area (Å²) in [6.45, 7) is 4.95. The number of rotatable bonds is 3. The Kier molecular flexibility index (Phi) is 3.11. The van der Waals surface area contributed by atoms with Gasteiger partial charge in [0.05, 0.1) is 5.92 Å². The minimum Gasteiger partial charge on any atom is -0.425 e. The molecule has 1 aromatic carbocycles. The van der Waals surface area contributed by atoms with Crippen molar-refractivity contribution in [1.82, 2.24) is 15.1 Å². The van der Waals surface area contributed by atoms with Crippen LogP contribution in [0.2, 0.25) is 0 Å². The molecule has 2 aromatic rings. The Labute approximate surface area is 107 Å². The molecule has 1 aliphatic rings. The fraction of sp³-hybridized carbons (Fsp3) is 0.429. The molecule has 0 N–H and O–H groups in total. The maximum atomic E-state index is 5.52. The second-order valence-corrected chi connectivity index (χ2v) is 4.87. The Morgan fingerprint density at radius 3 is 2.83 bits per heavy atom. The standard InChI is InChI=1S/C14H17N3O/c1-11-15-16-14(18-11)13-7-8-17(10-13)9-12-5-3-2-4-6-12/h2-6,13H,7-10H2,1H3/t13-/m0/s1. The maximum absolute atomic E-state index is 5.52. The van der Waals surface area contributed by atoms with Gasteiger partial charge in [-0.1, -0.05) is 30.3 Å². The summed E-state index contributed by atoms with van der Waals surface area (Å²) in [5.74, 6) is 1.85. The topological polar surface area (TPSA) is 42.2 Å². The Morgan fingerprint density at radius 1 is 1.28 bits per heavy atom. The van der Waals surface area contributed by atoms with Crippen LogP contribution in [0.1, 0.15) is 29.7 Å². The van der Waals surface area contributed by atoms with E-state index >= 15 is 0 Å². The molecule has 1 fully saturated rings. The van der Waals surface area contributed by atoms with Crippen molar-refractivity contribution in [1.29, 1.82) is 0 Å². The van der Waals surface area contributed by atoms with Gasteiger partial charge in [-0.3, -0.25) is 4.90 Å². The minimum absolute atomic E-state index is 0.398. The van der Waals surface area contributed by atoms with E-state index in [9.17, 15) is 0 Å². The molecule has 1 saturated heterocycles. The van der Waals surface area contributed by atoms with E-state index in [4.69, 9.17) is 4.42 Å². The van der Waals surface area contributed by atoms with Crippen molar-refractivity contribution in [2.75, 3.05) is 13.1 Å². The average Bonchev–Trinajstić information content (AvgIpc) is 2.99. The average molecular weight is 243 g/mol. The summed E-state index contributed by atoms with van der Waals surface area (Å²) in [6.07, 6.45) is 1.11. The summed E-state index contributed by atoms with van der Waals surface area (Å²) in [5, 5.41) is 8.03. The quantitative estimate of drug-likeness (QED) is 0.830. The molecule has 0 amide bonds. The molecule has 4 nitrogen and oxygen atoms in total. The largest absolute Gasteiger partial charge is 0.425 e. The first-order chi connectivity index (χ1) is 8.81. The molecule has 0 saturated carbocycles. The van der Waals surface area contributed by atoms with Gasteiger partial charge in [-0.05, 0) is 18.5 Å². The number of hydrogen-bond acceptors (Lipinski definition) is 4. The zero-order valence-corrected chi connectivity index (χ0v) is 10.5. The van der Waals surface area contributed by atoms with E-state index < -0.39 is 0 Å². The van der Waals surface area contributed by atoms with Crippen LogP contribution >= 0.6 is 0 Å². The molecular weight excluding hydrogens is 226 g/mol. The third-order valence-electron chi connectivity index (χ3n) is 3.41. The number of aryl methyl sites for hydroxylation is 1. The smallest absolute Gasteiger partial charge is 0.220 e. The third-order valence-corrected chi connectivity index (χ3v) is 3.41. The second-order valence-electron chi connectivity index (χ2n) is 4.87. The molecule has 1 aliphatic heterocycles. The number of hydrogen-bond donors (Lipinski definition) is 0. The highest BCUT2D eigenvalue weighted by molar-refractivity contribution is 5.15. The van der Waals surface area contributed by atoms with E-state index in [-0.39, 0.29) is 0 Å². The van der Waals surface area contributed by atoms with Gasteiger partial charge in [-0.15, -0.1) is 10.2 Å². The van der Waals surface area contributed by atoms with Gasteiger partial charge in [-0.25, -0.2) is 0 Å². The van der Waals surface area contributed by atoms with Gasteiger partial charge in [-0.2, -0.15) is 0 Å². The summed E-state index contributed by atoms with van der Waals surface area (Å²) < 4.78 is 5.52. The van der Waals surface area contributed by atoms with Crippen LogP contribution < -0.4 is 0 Å². The summed E-state index contributed by atoms with van der Waals surface area (Å²) in [7, 11) is 0. The highest BCUT2D eigenvalue weighted by Crippen LogP contribution is 2.27. The molecule has 0 unspecified atom stereocenters. The number of aromatic nitrogens is 2. The predicted octanol–water partition coefficient (Wildman–Crippen LogP) is 2.37. The molecule has 1 atom stereocenters. The van der Waals surface area contributed by atoms with Crippen LogP contribution in [0.15, 0.2) is 34.7 Å². The van der Waals surface area contributed by atoms with Crippen molar-refractivity contribution in [3.8, 4) is 0 Å². The van der Waals surface area contributed by atoms with Gasteiger partial charge >= 0.3 is 0 Å². The van der Waals surface area contributed by atoms with Crippen molar-refractivity contribution in [2.24, 2.45) is 0 Å². The van der Waals surface area contributed by atoms with Crippen LogP contribution in [0.4, 0.5) is 0 Å². The van der Waals surface area contributed by atoms with E-state index in [0.717, 1.165) is 31.9 Å². The van der Waals surface area contributed by atoms with E-state index in [0.29, 0.717) is 11.8 Å². The van der Waals surface area contributed by atoms with Crippen molar-refractivity contribution < 1.29 is 4.42 Å². The lowest BCUT2D eigenvalue weighted by Gasteiger charge is -2.14. The maximum Gasteiger partial charge on any atom is 0.220 e. The summed E-state index contributed by atoms with van der Waals surface area (Å²) in [5.41, 5.74) is 1.36. The minimum atomic E-state index is 0.398. The van der Waals surface area contributed by atoms with Gasteiger partial charge in [0, 0.05) is 20.0 Å². The number of benzene rings is 1. The Morgan fingerprint density at radius 2 is 2.11 bits per heavy atom. The van der Waals surface area contributed by atoms with E-state index in [1.807, 2.05) is 6.92 Å². The lowest BCUT2D eigenvalue weighted by Crippen LogP contribution is -2.19. The predicted molar refractivity (Wildman–Crippen MR) is 68.1 cm³/mol. The highest BCUT2D eigenvalue weighted by Gasteiger charge is 2.27. The number of nitrogens with zero attached hydrogens (tertiary/aromatic N) is 3. The first kappa shape index (κ1) is 11.4. The van der Waals surface area contributed by atoms with Crippen LogP contribution in [-0.4, -0.2) is 28.2 Å². The van der Waals surface area contributed by atoms with Crippen molar-refractivity contribution in [3.63, 3.8) is 0 Å². The van der Waals surface area contributed by atoms with Crippen LogP contribution in [-0.2, 0) is 6.54 Å². The molecule has 3 rings (SSSR count). The Balaban J connectivity index is 1.62. The van der Waals surface area contributed by atoms with Crippen LogP contribution in [0.5, 0.6) is 0 Å². The van der Waals surface area contributed by atoms with Gasteiger partial charge in [0.1, 0.15) is 0 Å². The molecule has 4 heteroatoms. The van der Waals surface area contributed by atoms with E-state index in [2.05, 4.69) is 45.4 Å². The lowest BCUT2D eigenvalue weighted by atomic mass is 10.1. The molecule has 0 bridgehead atoms. The summed E-state index contributed by atoms with van der Waals surface area (Å²) >= 11 is 0. The molecule has 0 radical (unpaired) electrons. The van der Waals surface area contributed by atoms with Gasteiger partial charge < -0.3 is 4.42 Å². The fourth-order valence-electron chi connectivity index (χ4n) is 2.50. The Bertz CT molecular complexity index is 509. The van der Waals surface area contributed by atoms with Crippen molar-refractivity contribution in [3.05, 3.63) is 47.7 Å². The van der Waals surface area contributed by atoms with Crippen molar-refractivity contribution >= 4 is 0 Å². The highest BCUT2D eigenvalue weighted by atomic mass is 16.4. The van der Waals surface area contributed by atoms with Gasteiger partial charge in [0.15, 0.2) is 0 Å². The van der Waals surface area contributed by atoms with Crippen LogP contribution in [0.25, 0.3) is 0 Å². The van der Waals surface area contributed by atoms with Gasteiger partial charge in [0.2, 0.25) is 11.8 Å². The lowest BCUT2D eigenvalue weighted by molar-refractivity contribution is 0.319. The molecular formula is C14H17N3O. The molecule has 1 aromatic heterocycles. The van der Waals surface area contributed by atoms with Crippen LogP contribution in [0, 0.1) is 6.92 Å². The third kappa shape index (κ3) is 2.43. The first-order valence-corrected chi connectivity index (χ1v) is 6.37. The van der Waals surface area contributed by atoms with Gasteiger partial charge in [0.25, 0.3) is 0 Å². The fourth-order valence-corrected chi connectivity index (χ4v) is 2.50. The SMILES string of the molecule is Cc1nnc([C@H]2CCN(Cc3ccccc3)C2)o1. The molecule has 2 heterocycles. The van der Waals surface area contributed by atoms with Crippen LogP contribution in [0.3, 0.4) is 0 Å². The molecule has 94 valence electrons. The molecule has 0 aliphatic carbocycles. The normalized spacial score (nSPS) is 20.4. The van der Waals surface area contributed by atoms with E-state index in [1.54, 1.807) is 0 Å². The number of likely N-dealkylation sites (tertiary alicyclic amines) is 1. The summed E-state index contributed by atoms with van der Waals surface area (Å²) in [6, 6.07) is 10.6. The van der Waals surface area contributed by atoms with E-state index in [1.165, 1.54) is 5.56 Å². The van der Waals surface area contributed by atoms with Crippen molar-refractivity contribution in [2.45, 2.75) is 25.8 Å². The molecule has 0 spiro atoms. The monoisotopic (exact) mass is 243 g/mol.